The fourth-order valence-electron chi connectivity index (χ4n) is 2.52. The zero-order chi connectivity index (χ0) is 17.8. The van der Waals surface area contributed by atoms with Gasteiger partial charge in [0.2, 0.25) is 5.91 Å². The number of nitrogens with one attached hydrogen (secondary N) is 1. The summed E-state index contributed by atoms with van der Waals surface area (Å²) in [5.41, 5.74) is 0.944. The molecule has 1 aliphatic heterocycles. The highest BCUT2D eigenvalue weighted by atomic mass is 19.1. The summed E-state index contributed by atoms with van der Waals surface area (Å²) < 4.78 is 13.7. The number of aryl methyl sites for hydroxylation is 1. The molecule has 8 nitrogen and oxygen atoms in total. The first-order valence-electron chi connectivity index (χ1n) is 7.63. The minimum Gasteiger partial charge on any atom is -0.477 e. The number of hydrogen-bond donors (Lipinski definition) is 2. The van der Waals surface area contributed by atoms with Crippen molar-refractivity contribution in [2.24, 2.45) is 5.10 Å². The minimum absolute atomic E-state index is 0.0192. The van der Waals surface area contributed by atoms with E-state index in [9.17, 15) is 19.1 Å². The van der Waals surface area contributed by atoms with Gasteiger partial charge in [-0.25, -0.2) is 9.18 Å². The van der Waals surface area contributed by atoms with Crippen LogP contribution in [-0.4, -0.2) is 45.2 Å². The minimum atomic E-state index is -1.16. The Labute approximate surface area is 142 Å². The molecule has 1 aromatic heterocycles. The molecule has 2 aromatic rings. The van der Waals surface area contributed by atoms with Crippen LogP contribution >= 0.6 is 0 Å². The van der Waals surface area contributed by atoms with E-state index in [1.54, 1.807) is 24.3 Å². The van der Waals surface area contributed by atoms with Crippen molar-refractivity contribution in [1.82, 2.24) is 9.78 Å². The normalized spacial score (nSPS) is 16.6. The second-order valence-electron chi connectivity index (χ2n) is 5.42. The molecule has 130 valence electrons. The molecule has 1 amide bonds. The van der Waals surface area contributed by atoms with Gasteiger partial charge in [-0.2, -0.15) is 10.2 Å². The number of carbonyl (C=O) groups is 2. The summed E-state index contributed by atoms with van der Waals surface area (Å²) in [6.07, 6.45) is 2.90. The lowest BCUT2D eigenvalue weighted by molar-refractivity contribution is -0.129. The number of aromatic nitrogens is 2. The first kappa shape index (κ1) is 16.6. The molecule has 2 heterocycles. The molecule has 25 heavy (non-hydrogen) atoms. The maximum Gasteiger partial charge on any atom is 0.352 e. The van der Waals surface area contributed by atoms with Crippen LogP contribution in [0.4, 0.5) is 15.8 Å². The van der Waals surface area contributed by atoms with Crippen molar-refractivity contribution in [3.63, 3.8) is 0 Å². The van der Waals surface area contributed by atoms with Gasteiger partial charge in [-0.1, -0.05) is 18.2 Å². The second-order valence-corrected chi connectivity index (χ2v) is 5.42. The SMILES string of the molecule is O=C(O)C1=NN(c2ccccc2)C(C(=O)Nc2cnn(CCF)c2)C1. The average molecular weight is 345 g/mol. The second kappa shape index (κ2) is 7.12. The molecule has 2 N–H and O–H groups in total. The van der Waals surface area contributed by atoms with Crippen molar-refractivity contribution in [2.75, 3.05) is 17.0 Å². The van der Waals surface area contributed by atoms with Crippen LogP contribution in [-0.2, 0) is 16.1 Å². The first-order valence-corrected chi connectivity index (χ1v) is 7.63. The molecule has 0 spiro atoms. The quantitative estimate of drug-likeness (QED) is 0.827. The Morgan fingerprint density at radius 3 is 2.76 bits per heavy atom. The molecule has 1 unspecified atom stereocenters. The molecule has 0 aliphatic carbocycles. The van der Waals surface area contributed by atoms with Gasteiger partial charge in [0.15, 0.2) is 0 Å². The van der Waals surface area contributed by atoms with Crippen molar-refractivity contribution in [3.05, 3.63) is 42.7 Å². The maximum absolute atomic E-state index is 12.6. The number of alkyl halides is 1. The third-order valence-corrected chi connectivity index (χ3v) is 3.70. The van der Waals surface area contributed by atoms with Gasteiger partial charge in [0.05, 0.1) is 24.1 Å². The highest BCUT2D eigenvalue weighted by Gasteiger charge is 2.36. The molecule has 1 aliphatic rings. The number of halogens is 1. The number of hydrazone groups is 1. The largest absolute Gasteiger partial charge is 0.477 e. The molecule has 1 aromatic carbocycles. The van der Waals surface area contributed by atoms with Gasteiger partial charge in [-0.3, -0.25) is 14.5 Å². The Balaban J connectivity index is 1.78. The van der Waals surface area contributed by atoms with Crippen molar-refractivity contribution in [3.8, 4) is 0 Å². The van der Waals surface area contributed by atoms with Crippen LogP contribution in [0.1, 0.15) is 6.42 Å². The Hall–Kier alpha value is -3.23. The number of amides is 1. The molecule has 0 bridgehead atoms. The molecular formula is C16H16FN5O3. The zero-order valence-corrected chi connectivity index (χ0v) is 13.2. The van der Waals surface area contributed by atoms with Crippen molar-refractivity contribution < 1.29 is 19.1 Å². The number of anilines is 2. The molecule has 0 fully saturated rings. The molecule has 0 saturated heterocycles. The Bertz CT molecular complexity index is 805. The van der Waals surface area contributed by atoms with Crippen LogP contribution < -0.4 is 10.3 Å². The summed E-state index contributed by atoms with van der Waals surface area (Å²) in [7, 11) is 0. The van der Waals surface area contributed by atoms with Gasteiger partial charge in [0.25, 0.3) is 0 Å². The Morgan fingerprint density at radius 2 is 2.08 bits per heavy atom. The molecule has 0 radical (unpaired) electrons. The lowest BCUT2D eigenvalue weighted by Gasteiger charge is -2.22. The summed E-state index contributed by atoms with van der Waals surface area (Å²) in [6, 6.07) is 8.06. The van der Waals surface area contributed by atoms with E-state index in [0.717, 1.165) is 0 Å². The summed E-state index contributed by atoms with van der Waals surface area (Å²) in [5, 5.41) is 21.2. The molecule has 3 rings (SSSR count). The number of nitrogens with zero attached hydrogens (tertiary/aromatic N) is 4. The van der Waals surface area contributed by atoms with E-state index in [2.05, 4.69) is 15.5 Å². The molecule has 0 saturated carbocycles. The Morgan fingerprint density at radius 1 is 1.32 bits per heavy atom. The van der Waals surface area contributed by atoms with Gasteiger partial charge in [0.1, 0.15) is 18.4 Å². The molecule has 1 atom stereocenters. The highest BCUT2D eigenvalue weighted by molar-refractivity contribution is 6.37. The van der Waals surface area contributed by atoms with Crippen LogP contribution in [0.15, 0.2) is 47.8 Å². The monoisotopic (exact) mass is 345 g/mol. The number of carboxylic acids is 1. The maximum atomic E-state index is 12.6. The van der Waals surface area contributed by atoms with E-state index >= 15 is 0 Å². The number of carboxylic acid groups (broad SMARTS) is 1. The lowest BCUT2D eigenvalue weighted by Crippen LogP contribution is -2.38. The topological polar surface area (TPSA) is 99.8 Å². The fourth-order valence-corrected chi connectivity index (χ4v) is 2.52. The highest BCUT2D eigenvalue weighted by Crippen LogP contribution is 2.25. The van der Waals surface area contributed by atoms with E-state index < -0.39 is 24.6 Å². The fraction of sp³-hybridized carbons (Fsp3) is 0.250. The first-order chi connectivity index (χ1) is 12.1. The van der Waals surface area contributed by atoms with Crippen molar-refractivity contribution in [2.45, 2.75) is 19.0 Å². The van der Waals surface area contributed by atoms with Gasteiger partial charge in [-0.05, 0) is 12.1 Å². The number of para-hydroxylation sites is 1. The van der Waals surface area contributed by atoms with E-state index in [0.29, 0.717) is 11.4 Å². The lowest BCUT2D eigenvalue weighted by atomic mass is 10.1. The van der Waals surface area contributed by atoms with E-state index in [1.165, 1.54) is 22.1 Å². The van der Waals surface area contributed by atoms with Gasteiger partial charge in [0, 0.05) is 12.6 Å². The molecule has 9 heteroatoms. The van der Waals surface area contributed by atoms with E-state index in [4.69, 9.17) is 0 Å². The van der Waals surface area contributed by atoms with Crippen LogP contribution in [0.5, 0.6) is 0 Å². The third kappa shape index (κ3) is 3.65. The predicted octanol–water partition coefficient (Wildman–Crippen LogP) is 1.51. The predicted molar refractivity (Wildman–Crippen MR) is 89.2 cm³/mol. The van der Waals surface area contributed by atoms with Crippen molar-refractivity contribution in [1.29, 1.82) is 0 Å². The number of hydrogen-bond acceptors (Lipinski definition) is 5. The average Bonchev–Trinajstić information content (AvgIpc) is 3.23. The smallest absolute Gasteiger partial charge is 0.352 e. The van der Waals surface area contributed by atoms with E-state index in [1.807, 2.05) is 6.07 Å². The Kier molecular flexibility index (Phi) is 4.73. The van der Waals surface area contributed by atoms with Gasteiger partial charge in [-0.15, -0.1) is 0 Å². The number of benzene rings is 1. The standard InChI is InChI=1S/C16H16FN5O3/c17-6-7-21-10-11(9-18-21)19-15(23)14-8-13(16(24)25)20-22(14)12-4-2-1-3-5-12/h1-5,9-10,14H,6-8H2,(H,19,23)(H,24,25). The molecular weight excluding hydrogens is 329 g/mol. The van der Waals surface area contributed by atoms with Crippen LogP contribution in [0, 0.1) is 0 Å². The zero-order valence-electron chi connectivity index (χ0n) is 13.2. The van der Waals surface area contributed by atoms with Gasteiger partial charge >= 0.3 is 5.97 Å². The van der Waals surface area contributed by atoms with Gasteiger partial charge < -0.3 is 10.4 Å². The number of carbonyl (C=O) groups excluding carboxylic acids is 1. The van der Waals surface area contributed by atoms with Crippen LogP contribution in [0.2, 0.25) is 0 Å². The summed E-state index contributed by atoms with van der Waals surface area (Å²) in [4.78, 5) is 23.8. The van der Waals surface area contributed by atoms with E-state index in [-0.39, 0.29) is 18.7 Å². The summed E-state index contributed by atoms with van der Waals surface area (Å²) in [6.45, 7) is -0.461. The number of rotatable bonds is 6. The van der Waals surface area contributed by atoms with Crippen LogP contribution in [0.25, 0.3) is 0 Å². The number of aliphatic carboxylic acids is 1. The van der Waals surface area contributed by atoms with Crippen LogP contribution in [0.3, 0.4) is 0 Å². The summed E-state index contributed by atoms with van der Waals surface area (Å²) in [5.74, 6) is -1.57. The third-order valence-electron chi connectivity index (χ3n) is 3.70. The summed E-state index contributed by atoms with van der Waals surface area (Å²) >= 11 is 0. The van der Waals surface area contributed by atoms with Crippen molar-refractivity contribution >= 4 is 29.0 Å².